The van der Waals surface area contributed by atoms with E-state index in [1.165, 1.54) is 36.3 Å². The number of thioether (sulfide) groups is 1. The minimum Gasteiger partial charge on any atom is -0.445 e. The zero-order chi connectivity index (χ0) is 19.2. The lowest BCUT2D eigenvalue weighted by Gasteiger charge is -2.37. The fourth-order valence-corrected chi connectivity index (χ4v) is 5.22. The van der Waals surface area contributed by atoms with Gasteiger partial charge in [0.15, 0.2) is 0 Å². The van der Waals surface area contributed by atoms with Gasteiger partial charge in [-0.25, -0.2) is 4.79 Å². The van der Waals surface area contributed by atoms with Gasteiger partial charge in [0.25, 0.3) is 0 Å². The second-order valence-electron chi connectivity index (χ2n) is 7.74. The molecule has 148 valence electrons. The highest BCUT2D eigenvalue weighted by Gasteiger charge is 2.31. The molecule has 0 bridgehead atoms. The topological polar surface area (TPSA) is 50.4 Å². The molecule has 28 heavy (non-hydrogen) atoms. The summed E-state index contributed by atoms with van der Waals surface area (Å²) < 4.78 is 5.31. The number of hydrogen-bond donors (Lipinski definition) is 2. The van der Waals surface area contributed by atoms with Crippen molar-refractivity contribution in [3.8, 4) is 0 Å². The van der Waals surface area contributed by atoms with Crippen molar-refractivity contribution in [2.45, 2.75) is 67.4 Å². The lowest BCUT2D eigenvalue weighted by molar-refractivity contribution is 0.129. The molecule has 2 N–H and O–H groups in total. The number of ether oxygens (including phenoxy) is 1. The molecule has 4 nitrogen and oxygen atoms in total. The van der Waals surface area contributed by atoms with Crippen LogP contribution in [0.1, 0.15) is 44.1 Å². The van der Waals surface area contributed by atoms with E-state index in [1.54, 1.807) is 0 Å². The van der Waals surface area contributed by atoms with Gasteiger partial charge in [-0.1, -0.05) is 55.3 Å². The van der Waals surface area contributed by atoms with Crippen LogP contribution in [0.3, 0.4) is 0 Å². The Labute approximate surface area is 171 Å². The summed E-state index contributed by atoms with van der Waals surface area (Å²) in [5.74, 6) is 0. The molecule has 2 aliphatic carbocycles. The third kappa shape index (κ3) is 5.22. The number of hydrogen-bond acceptors (Lipinski definition) is 4. The van der Waals surface area contributed by atoms with Crippen molar-refractivity contribution in [3.63, 3.8) is 0 Å². The van der Waals surface area contributed by atoms with Gasteiger partial charge in [0.1, 0.15) is 6.61 Å². The van der Waals surface area contributed by atoms with Gasteiger partial charge in [-0.05, 0) is 43.4 Å². The fraction of sp³-hybridized carbons (Fsp3) is 0.435. The standard InChI is InChI=1S/C23H28N2O2S/c26-23(27-16-17-8-2-1-3-9-17)25-19-14-18(15-19)24-21-12-6-7-13-22(21)28-20-10-4-5-11-20/h1-3,6-9,12-13,18-20,24H,4-5,10-11,14-16H2,(H,25,26). The van der Waals surface area contributed by atoms with E-state index in [4.69, 9.17) is 4.74 Å². The summed E-state index contributed by atoms with van der Waals surface area (Å²) in [4.78, 5) is 13.3. The first-order valence-electron chi connectivity index (χ1n) is 10.3. The van der Waals surface area contributed by atoms with E-state index in [1.807, 2.05) is 42.1 Å². The van der Waals surface area contributed by atoms with Crippen LogP contribution in [0, 0.1) is 0 Å². The van der Waals surface area contributed by atoms with Crippen LogP contribution in [-0.4, -0.2) is 23.4 Å². The first-order valence-corrected chi connectivity index (χ1v) is 11.1. The predicted octanol–water partition coefficient (Wildman–Crippen LogP) is 5.59. The molecule has 0 spiro atoms. The fourth-order valence-electron chi connectivity index (χ4n) is 3.88. The Kier molecular flexibility index (Phi) is 6.42. The number of carbonyl (C=O) groups is 1. The Hall–Kier alpha value is -2.14. The van der Waals surface area contributed by atoms with Gasteiger partial charge in [-0.3, -0.25) is 0 Å². The van der Waals surface area contributed by atoms with Gasteiger partial charge in [0, 0.05) is 27.9 Å². The van der Waals surface area contributed by atoms with Crippen molar-refractivity contribution < 1.29 is 9.53 Å². The quantitative estimate of drug-likeness (QED) is 0.640. The van der Waals surface area contributed by atoms with Gasteiger partial charge in [-0.15, -0.1) is 11.8 Å². The Morgan fingerprint density at radius 1 is 0.964 bits per heavy atom. The zero-order valence-electron chi connectivity index (χ0n) is 16.1. The monoisotopic (exact) mass is 396 g/mol. The minimum atomic E-state index is -0.329. The summed E-state index contributed by atoms with van der Waals surface area (Å²) in [5.41, 5.74) is 2.23. The molecule has 0 unspecified atom stereocenters. The summed E-state index contributed by atoms with van der Waals surface area (Å²) in [7, 11) is 0. The SMILES string of the molecule is O=C(NC1CC(Nc2ccccc2SC2CCCC2)C1)OCc1ccccc1. The van der Waals surface area contributed by atoms with Crippen LogP contribution in [0.4, 0.5) is 10.5 Å². The molecule has 0 atom stereocenters. The first-order chi connectivity index (χ1) is 13.8. The maximum atomic E-state index is 12.0. The number of amides is 1. The molecule has 5 heteroatoms. The number of anilines is 1. The average molecular weight is 397 g/mol. The van der Waals surface area contributed by atoms with Crippen molar-refractivity contribution in [2.75, 3.05) is 5.32 Å². The Morgan fingerprint density at radius 3 is 2.46 bits per heavy atom. The highest BCUT2D eigenvalue weighted by molar-refractivity contribution is 8.00. The van der Waals surface area contributed by atoms with Crippen LogP contribution in [0.5, 0.6) is 0 Å². The Bertz CT molecular complexity index is 771. The highest BCUT2D eigenvalue weighted by Crippen LogP contribution is 2.39. The molecular weight excluding hydrogens is 368 g/mol. The summed E-state index contributed by atoms with van der Waals surface area (Å²) in [6.07, 6.45) is 6.93. The molecule has 0 aliphatic heterocycles. The number of carbonyl (C=O) groups excluding carboxylic acids is 1. The van der Waals surface area contributed by atoms with E-state index >= 15 is 0 Å². The van der Waals surface area contributed by atoms with Crippen molar-refractivity contribution in [2.24, 2.45) is 0 Å². The predicted molar refractivity (Wildman–Crippen MR) is 115 cm³/mol. The average Bonchev–Trinajstić information content (AvgIpc) is 3.20. The molecule has 4 rings (SSSR count). The third-order valence-corrected chi connectivity index (χ3v) is 6.93. The van der Waals surface area contributed by atoms with Gasteiger partial charge in [0.2, 0.25) is 0 Å². The van der Waals surface area contributed by atoms with Crippen LogP contribution in [-0.2, 0) is 11.3 Å². The van der Waals surface area contributed by atoms with Gasteiger partial charge in [-0.2, -0.15) is 0 Å². The molecular formula is C23H28N2O2S. The van der Waals surface area contributed by atoms with Crippen molar-refractivity contribution in [1.82, 2.24) is 5.32 Å². The van der Waals surface area contributed by atoms with Crippen LogP contribution in [0.25, 0.3) is 0 Å². The second kappa shape index (κ2) is 9.37. The summed E-state index contributed by atoms with van der Waals surface area (Å²) in [5, 5.41) is 7.40. The third-order valence-electron chi connectivity index (χ3n) is 5.52. The normalized spacial score (nSPS) is 21.7. The maximum Gasteiger partial charge on any atom is 0.407 e. The number of rotatable bonds is 7. The van der Waals surface area contributed by atoms with Crippen LogP contribution < -0.4 is 10.6 Å². The van der Waals surface area contributed by atoms with E-state index in [0.717, 1.165) is 23.7 Å². The van der Waals surface area contributed by atoms with Gasteiger partial charge < -0.3 is 15.4 Å². The zero-order valence-corrected chi connectivity index (χ0v) is 16.9. The first kappa shape index (κ1) is 19.2. The largest absolute Gasteiger partial charge is 0.445 e. The summed E-state index contributed by atoms with van der Waals surface area (Å²) in [6.45, 7) is 0.312. The van der Waals surface area contributed by atoms with Crippen LogP contribution in [0.15, 0.2) is 59.5 Å². The van der Waals surface area contributed by atoms with E-state index < -0.39 is 0 Å². The summed E-state index contributed by atoms with van der Waals surface area (Å²) >= 11 is 2.02. The molecule has 0 aromatic heterocycles. The molecule has 2 saturated carbocycles. The second-order valence-corrected chi connectivity index (χ2v) is 9.08. The van der Waals surface area contributed by atoms with Crippen molar-refractivity contribution in [3.05, 3.63) is 60.2 Å². The molecule has 0 heterocycles. The van der Waals surface area contributed by atoms with Gasteiger partial charge >= 0.3 is 6.09 Å². The number of benzene rings is 2. The van der Waals surface area contributed by atoms with E-state index in [0.29, 0.717) is 12.6 Å². The van der Waals surface area contributed by atoms with E-state index in [-0.39, 0.29) is 12.1 Å². The van der Waals surface area contributed by atoms with Crippen LogP contribution >= 0.6 is 11.8 Å². The van der Waals surface area contributed by atoms with Crippen molar-refractivity contribution >= 4 is 23.5 Å². The number of nitrogens with one attached hydrogen (secondary N) is 2. The Morgan fingerprint density at radius 2 is 1.68 bits per heavy atom. The van der Waals surface area contributed by atoms with Crippen molar-refractivity contribution in [1.29, 1.82) is 0 Å². The molecule has 0 saturated heterocycles. The number of alkyl carbamates (subject to hydrolysis) is 1. The molecule has 0 radical (unpaired) electrons. The lowest BCUT2D eigenvalue weighted by atomic mass is 9.86. The minimum absolute atomic E-state index is 0.190. The maximum absolute atomic E-state index is 12.0. The molecule has 2 aromatic rings. The number of para-hydroxylation sites is 1. The highest BCUT2D eigenvalue weighted by atomic mass is 32.2. The summed E-state index contributed by atoms with van der Waals surface area (Å²) in [6, 6.07) is 19.0. The molecule has 1 amide bonds. The Balaban J connectivity index is 1.20. The van der Waals surface area contributed by atoms with E-state index in [2.05, 4.69) is 34.9 Å². The molecule has 2 fully saturated rings. The van der Waals surface area contributed by atoms with Gasteiger partial charge in [0.05, 0.1) is 0 Å². The lowest BCUT2D eigenvalue weighted by Crippen LogP contribution is -2.49. The van der Waals surface area contributed by atoms with Crippen LogP contribution in [0.2, 0.25) is 0 Å². The smallest absolute Gasteiger partial charge is 0.407 e. The van der Waals surface area contributed by atoms with E-state index in [9.17, 15) is 4.79 Å². The molecule has 2 aromatic carbocycles. The molecule has 2 aliphatic rings.